The predicted octanol–water partition coefficient (Wildman–Crippen LogP) is 11.6. The van der Waals surface area contributed by atoms with Gasteiger partial charge in [0, 0.05) is 6.42 Å². The van der Waals surface area contributed by atoms with Gasteiger partial charge >= 0.3 is 0 Å². The van der Waals surface area contributed by atoms with Crippen molar-refractivity contribution in [1.29, 1.82) is 0 Å². The van der Waals surface area contributed by atoms with Gasteiger partial charge in [0.2, 0.25) is 5.91 Å². The average Bonchev–Trinajstić information content (AvgIpc) is 3.15. The zero-order chi connectivity index (χ0) is 41.4. The third-order valence-electron chi connectivity index (χ3n) is 9.15. The van der Waals surface area contributed by atoms with Crippen molar-refractivity contribution in [3.8, 4) is 0 Å². The molecule has 0 aliphatic rings. The monoisotopic (exact) mass is 803 g/mol. The summed E-state index contributed by atoms with van der Waals surface area (Å²) in [4.78, 5) is 25.0. The molecule has 9 heteroatoms. The summed E-state index contributed by atoms with van der Waals surface area (Å²) >= 11 is 0. The van der Waals surface area contributed by atoms with Crippen LogP contribution in [0.1, 0.15) is 155 Å². The van der Waals surface area contributed by atoms with Crippen LogP contribution in [-0.4, -0.2) is 68.5 Å². The first kappa shape index (κ1) is 53.7. The highest BCUT2D eigenvalue weighted by molar-refractivity contribution is 7.45. The van der Waals surface area contributed by atoms with Crippen LogP contribution in [0.25, 0.3) is 0 Å². The van der Waals surface area contributed by atoms with Gasteiger partial charge in [0.15, 0.2) is 0 Å². The van der Waals surface area contributed by atoms with Gasteiger partial charge in [0.25, 0.3) is 7.82 Å². The Bertz CT molecular complexity index is 1180. The molecule has 0 aliphatic carbocycles. The molecule has 1 amide bonds. The van der Waals surface area contributed by atoms with Crippen LogP contribution >= 0.6 is 7.82 Å². The number of phosphoric ester groups is 1. The minimum absolute atomic E-state index is 0.00476. The fourth-order valence-corrected chi connectivity index (χ4v) is 6.39. The van der Waals surface area contributed by atoms with Crippen LogP contribution < -0.4 is 10.2 Å². The molecule has 8 nitrogen and oxygen atoms in total. The highest BCUT2D eigenvalue weighted by atomic mass is 31.2. The summed E-state index contributed by atoms with van der Waals surface area (Å²) in [7, 11) is 1.28. The van der Waals surface area contributed by atoms with Crippen LogP contribution in [0.15, 0.2) is 85.1 Å². The summed E-state index contributed by atoms with van der Waals surface area (Å²) in [5.74, 6) is -0.189. The molecule has 0 bridgehead atoms. The highest BCUT2D eigenvalue weighted by Gasteiger charge is 2.24. The number of carbonyl (C=O) groups excluding carboxylic acids is 1. The Balaban J connectivity index is 3.93. The minimum Gasteiger partial charge on any atom is -0.756 e. The zero-order valence-electron chi connectivity index (χ0n) is 36.3. The van der Waals surface area contributed by atoms with Crippen LogP contribution in [0, 0.1) is 0 Å². The number of rotatable bonds is 38. The van der Waals surface area contributed by atoms with Crippen LogP contribution in [0.3, 0.4) is 0 Å². The van der Waals surface area contributed by atoms with Gasteiger partial charge in [-0.3, -0.25) is 9.36 Å². The molecule has 0 radical (unpaired) electrons. The molecule has 2 N–H and O–H groups in total. The summed E-state index contributed by atoms with van der Waals surface area (Å²) in [5.41, 5.74) is 0. The number of hydrogen-bond donors (Lipinski definition) is 2. The number of unbranched alkanes of at least 4 members (excludes halogenated alkanes) is 11. The van der Waals surface area contributed by atoms with Crippen molar-refractivity contribution in [1.82, 2.24) is 5.32 Å². The van der Waals surface area contributed by atoms with Crippen molar-refractivity contribution in [2.45, 2.75) is 167 Å². The van der Waals surface area contributed by atoms with Gasteiger partial charge < -0.3 is 28.8 Å². The number of phosphoric acid groups is 1. The van der Waals surface area contributed by atoms with Gasteiger partial charge in [0.05, 0.1) is 39.9 Å². The van der Waals surface area contributed by atoms with Gasteiger partial charge in [-0.2, -0.15) is 0 Å². The number of quaternary nitrogens is 1. The summed E-state index contributed by atoms with van der Waals surface area (Å²) in [6.45, 7) is 4.40. The smallest absolute Gasteiger partial charge is 0.268 e. The zero-order valence-corrected chi connectivity index (χ0v) is 37.2. The van der Waals surface area contributed by atoms with E-state index in [0.29, 0.717) is 23.9 Å². The summed E-state index contributed by atoms with van der Waals surface area (Å²) in [6, 6.07) is -0.804. The molecule has 0 aromatic heterocycles. The van der Waals surface area contributed by atoms with Gasteiger partial charge in [-0.1, -0.05) is 163 Å². The molecule has 56 heavy (non-hydrogen) atoms. The molecule has 0 heterocycles. The topological polar surface area (TPSA) is 108 Å². The predicted molar refractivity (Wildman–Crippen MR) is 237 cm³/mol. The van der Waals surface area contributed by atoms with Crippen molar-refractivity contribution in [2.24, 2.45) is 0 Å². The second-order valence-corrected chi connectivity index (χ2v) is 17.1. The first-order chi connectivity index (χ1) is 27.0. The second kappa shape index (κ2) is 38.2. The van der Waals surface area contributed by atoms with E-state index in [1.807, 2.05) is 21.1 Å². The maximum atomic E-state index is 12.7. The van der Waals surface area contributed by atoms with E-state index in [1.165, 1.54) is 38.5 Å². The minimum atomic E-state index is -4.55. The standard InChI is InChI=1S/C47H83N2O6P/c1-6-8-10-11-12-13-14-15-16-17-18-19-20-21-22-23-24-25-26-27-28-29-30-31-32-33-34-35-36-37-39-41-47(51)48-45(46(50)40-38-9-7-2)44-55-56(52,53)54-43-42-49(3,4)5/h8,10,12-13,15-16,18-19,21-22,24-25,27-28,45-46,50H,6-7,9,11,14,17,20,23,26,29-44H2,1-5H3,(H-,48,51,52,53)/b10-8-,13-12-,16-15-,19-18-,22-21-,25-24-,28-27-. The molecule has 3 atom stereocenters. The average molecular weight is 803 g/mol. The summed E-state index contributed by atoms with van der Waals surface area (Å²) < 4.78 is 22.9. The van der Waals surface area contributed by atoms with E-state index in [0.717, 1.165) is 89.9 Å². The molecule has 0 saturated heterocycles. The molecule has 0 aromatic rings. The Hall–Kier alpha value is -2.32. The van der Waals surface area contributed by atoms with Gasteiger partial charge in [-0.05, 0) is 70.6 Å². The molecule has 322 valence electrons. The quantitative estimate of drug-likeness (QED) is 0.0279. The van der Waals surface area contributed by atoms with Gasteiger partial charge in [0.1, 0.15) is 13.2 Å². The highest BCUT2D eigenvalue weighted by Crippen LogP contribution is 2.38. The number of aliphatic hydroxyl groups is 1. The third-order valence-corrected chi connectivity index (χ3v) is 10.1. The van der Waals surface area contributed by atoms with Crippen molar-refractivity contribution in [2.75, 3.05) is 40.9 Å². The Morgan fingerprint density at radius 1 is 0.643 bits per heavy atom. The number of carbonyl (C=O) groups is 1. The number of nitrogens with one attached hydrogen (secondary N) is 1. The lowest BCUT2D eigenvalue weighted by molar-refractivity contribution is -0.870. The first-order valence-electron chi connectivity index (χ1n) is 21.9. The number of amides is 1. The Kier molecular flexibility index (Phi) is 36.6. The normalized spacial score (nSPS) is 15.2. The number of hydrogen-bond acceptors (Lipinski definition) is 6. The molecule has 0 aromatic carbocycles. The number of nitrogens with zero attached hydrogens (tertiary/aromatic N) is 1. The van der Waals surface area contributed by atoms with E-state index < -0.39 is 20.0 Å². The van der Waals surface area contributed by atoms with Crippen molar-refractivity contribution in [3.63, 3.8) is 0 Å². The molecular weight excluding hydrogens is 719 g/mol. The largest absolute Gasteiger partial charge is 0.756 e. The van der Waals surface area contributed by atoms with Crippen molar-refractivity contribution >= 4 is 13.7 Å². The van der Waals surface area contributed by atoms with E-state index in [9.17, 15) is 19.4 Å². The van der Waals surface area contributed by atoms with Crippen LogP contribution in [-0.2, 0) is 18.4 Å². The van der Waals surface area contributed by atoms with Crippen molar-refractivity contribution < 1.29 is 32.9 Å². The maximum Gasteiger partial charge on any atom is 0.268 e. The SMILES string of the molecule is CC/C=C\C/C=C\C/C=C\C/C=C\C/C=C\C/C=C\C/C=C\CCCCCCCCCCCC(=O)NC(COP(=O)([O-])OCC[N+](C)(C)C)C(O)CCCCC. The van der Waals surface area contributed by atoms with E-state index in [4.69, 9.17) is 9.05 Å². The van der Waals surface area contributed by atoms with E-state index in [-0.39, 0.29) is 19.1 Å². The second-order valence-electron chi connectivity index (χ2n) is 15.7. The van der Waals surface area contributed by atoms with Crippen LogP contribution in [0.5, 0.6) is 0 Å². The lowest BCUT2D eigenvalue weighted by atomic mass is 10.0. The first-order valence-corrected chi connectivity index (χ1v) is 23.4. The molecule has 0 rings (SSSR count). The number of likely N-dealkylation sites (N-methyl/N-ethyl adjacent to an activating group) is 1. The Morgan fingerprint density at radius 3 is 1.55 bits per heavy atom. The molecule has 0 fully saturated rings. The third kappa shape index (κ3) is 39.9. The van der Waals surface area contributed by atoms with E-state index >= 15 is 0 Å². The van der Waals surface area contributed by atoms with Crippen molar-refractivity contribution in [3.05, 3.63) is 85.1 Å². The fourth-order valence-electron chi connectivity index (χ4n) is 5.66. The Labute approximate surface area is 344 Å². The molecule has 0 spiro atoms. The van der Waals surface area contributed by atoms with E-state index in [1.54, 1.807) is 0 Å². The van der Waals surface area contributed by atoms with Gasteiger partial charge in [-0.15, -0.1) is 0 Å². The molecule has 0 saturated carbocycles. The lowest BCUT2D eigenvalue weighted by Crippen LogP contribution is -2.46. The Morgan fingerprint density at radius 2 is 1.09 bits per heavy atom. The number of allylic oxidation sites excluding steroid dienone is 14. The van der Waals surface area contributed by atoms with E-state index in [2.05, 4.69) is 104 Å². The van der Waals surface area contributed by atoms with Crippen LogP contribution in [0.4, 0.5) is 0 Å². The molecule has 0 aliphatic heterocycles. The van der Waals surface area contributed by atoms with Gasteiger partial charge in [-0.25, -0.2) is 0 Å². The summed E-state index contributed by atoms with van der Waals surface area (Å²) in [6.07, 6.45) is 52.5. The maximum absolute atomic E-state index is 12.7. The molecule has 3 unspecified atom stereocenters. The molecular formula is C47H83N2O6P. The number of aliphatic hydroxyl groups excluding tert-OH is 1. The summed E-state index contributed by atoms with van der Waals surface area (Å²) in [5, 5.41) is 13.5. The lowest BCUT2D eigenvalue weighted by Gasteiger charge is -2.30. The fraction of sp³-hybridized carbons (Fsp3) is 0.681. The van der Waals surface area contributed by atoms with Crippen LogP contribution in [0.2, 0.25) is 0 Å².